The Morgan fingerprint density at radius 2 is 2.00 bits per heavy atom. The van der Waals surface area contributed by atoms with E-state index < -0.39 is 0 Å². The highest BCUT2D eigenvalue weighted by atomic mass is 16.2. The van der Waals surface area contributed by atoms with Crippen molar-refractivity contribution >= 4 is 11.6 Å². The maximum atomic E-state index is 12.0. The molecule has 116 valence electrons. The quantitative estimate of drug-likeness (QED) is 0.787. The van der Waals surface area contributed by atoms with Crippen molar-refractivity contribution in [3.63, 3.8) is 0 Å². The molecule has 2 rings (SSSR count). The Kier molecular flexibility index (Phi) is 5.23. The first kappa shape index (κ1) is 15.8. The number of para-hydroxylation sites is 1. The van der Waals surface area contributed by atoms with E-state index in [1.54, 1.807) is 0 Å². The Labute approximate surface area is 127 Å². The van der Waals surface area contributed by atoms with Gasteiger partial charge in [0.1, 0.15) is 0 Å². The molecule has 4 nitrogen and oxygen atoms in total. The van der Waals surface area contributed by atoms with Gasteiger partial charge in [0.2, 0.25) is 5.91 Å². The van der Waals surface area contributed by atoms with E-state index in [4.69, 9.17) is 0 Å². The summed E-state index contributed by atoms with van der Waals surface area (Å²) in [5.41, 5.74) is 2.70. The highest BCUT2D eigenvalue weighted by molar-refractivity contribution is 5.82. The average molecular weight is 289 g/mol. The van der Waals surface area contributed by atoms with Crippen LogP contribution in [0.5, 0.6) is 0 Å². The monoisotopic (exact) mass is 289 g/mol. The van der Waals surface area contributed by atoms with E-state index >= 15 is 0 Å². The van der Waals surface area contributed by atoms with Crippen molar-refractivity contribution in [3.8, 4) is 0 Å². The van der Waals surface area contributed by atoms with Crippen LogP contribution in [0.3, 0.4) is 0 Å². The summed E-state index contributed by atoms with van der Waals surface area (Å²) in [7, 11) is 0. The number of fused-ring (bicyclic) bond motifs is 1. The summed E-state index contributed by atoms with van der Waals surface area (Å²) in [6.07, 6.45) is 2.00. The summed E-state index contributed by atoms with van der Waals surface area (Å²) in [4.78, 5) is 14.2. The first-order valence-corrected chi connectivity index (χ1v) is 7.80. The van der Waals surface area contributed by atoms with Crippen LogP contribution in [0.25, 0.3) is 0 Å². The molecule has 0 fully saturated rings. The lowest BCUT2D eigenvalue weighted by Crippen LogP contribution is -2.39. The smallest absolute Gasteiger partial charge is 0.239 e. The molecule has 1 aliphatic heterocycles. The van der Waals surface area contributed by atoms with Crippen LogP contribution >= 0.6 is 0 Å². The second-order valence-corrected chi connectivity index (χ2v) is 6.68. The van der Waals surface area contributed by atoms with Crippen LogP contribution in [0.15, 0.2) is 24.3 Å². The molecule has 0 radical (unpaired) electrons. The normalized spacial score (nSPS) is 14.1. The number of benzene rings is 1. The Hall–Kier alpha value is -1.55. The molecule has 1 aliphatic rings. The summed E-state index contributed by atoms with van der Waals surface area (Å²) in [6.45, 7) is 9.51. The standard InChI is InChI=1S/C17H27N3O/c1-17(2,3)19-11-6-10-18-16(21)13-20-12-9-14-7-4-5-8-15(14)20/h4-5,7-8,19H,6,9-13H2,1-3H3,(H,18,21). The topological polar surface area (TPSA) is 44.4 Å². The van der Waals surface area contributed by atoms with Crippen LogP contribution in [0.4, 0.5) is 5.69 Å². The van der Waals surface area contributed by atoms with Gasteiger partial charge in [-0.15, -0.1) is 0 Å². The lowest BCUT2D eigenvalue weighted by molar-refractivity contribution is -0.119. The fourth-order valence-corrected chi connectivity index (χ4v) is 2.58. The van der Waals surface area contributed by atoms with Gasteiger partial charge in [-0.25, -0.2) is 0 Å². The number of hydrogen-bond donors (Lipinski definition) is 2. The SMILES string of the molecule is CC(C)(C)NCCCNC(=O)CN1CCc2ccccc21. The maximum Gasteiger partial charge on any atom is 0.239 e. The summed E-state index contributed by atoms with van der Waals surface area (Å²) in [5.74, 6) is 0.113. The highest BCUT2D eigenvalue weighted by Gasteiger charge is 2.20. The van der Waals surface area contributed by atoms with Gasteiger partial charge < -0.3 is 15.5 Å². The Morgan fingerprint density at radius 1 is 1.24 bits per heavy atom. The van der Waals surface area contributed by atoms with Crippen molar-refractivity contribution in [1.82, 2.24) is 10.6 Å². The Morgan fingerprint density at radius 3 is 2.76 bits per heavy atom. The summed E-state index contributed by atoms with van der Waals surface area (Å²) in [5, 5.41) is 6.43. The molecule has 1 aromatic carbocycles. The van der Waals surface area contributed by atoms with E-state index in [9.17, 15) is 4.79 Å². The fraction of sp³-hybridized carbons (Fsp3) is 0.588. The minimum Gasteiger partial charge on any atom is -0.362 e. The number of nitrogens with zero attached hydrogens (tertiary/aromatic N) is 1. The molecule has 4 heteroatoms. The molecule has 0 saturated heterocycles. The molecule has 2 N–H and O–H groups in total. The number of hydrogen-bond acceptors (Lipinski definition) is 3. The lowest BCUT2D eigenvalue weighted by Gasteiger charge is -2.21. The van der Waals surface area contributed by atoms with E-state index in [1.807, 2.05) is 6.07 Å². The molecule has 0 unspecified atom stereocenters. The molecule has 0 spiro atoms. The molecule has 1 amide bonds. The van der Waals surface area contributed by atoms with Gasteiger partial charge in [-0.3, -0.25) is 4.79 Å². The lowest BCUT2D eigenvalue weighted by atomic mass is 10.1. The van der Waals surface area contributed by atoms with Gasteiger partial charge in [0.15, 0.2) is 0 Å². The molecule has 0 atom stereocenters. The summed E-state index contributed by atoms with van der Waals surface area (Å²) in [6, 6.07) is 8.34. The predicted octanol–water partition coefficient (Wildman–Crippen LogP) is 1.94. The number of carbonyl (C=O) groups excluding carboxylic acids is 1. The molecule has 0 saturated carbocycles. The second-order valence-electron chi connectivity index (χ2n) is 6.68. The molecule has 21 heavy (non-hydrogen) atoms. The zero-order chi connectivity index (χ0) is 15.3. The molecule has 0 aliphatic carbocycles. The van der Waals surface area contributed by atoms with Crippen molar-refractivity contribution in [2.75, 3.05) is 31.1 Å². The number of carbonyl (C=O) groups is 1. The first-order valence-electron chi connectivity index (χ1n) is 7.80. The minimum absolute atomic E-state index is 0.113. The Bertz CT molecular complexity index is 479. The van der Waals surface area contributed by atoms with Crippen molar-refractivity contribution in [2.45, 2.75) is 39.2 Å². The van der Waals surface area contributed by atoms with Crippen molar-refractivity contribution in [1.29, 1.82) is 0 Å². The van der Waals surface area contributed by atoms with Gasteiger partial charge in [0.05, 0.1) is 6.54 Å². The van der Waals surface area contributed by atoms with Gasteiger partial charge in [0, 0.05) is 24.3 Å². The zero-order valence-corrected chi connectivity index (χ0v) is 13.4. The molecular formula is C17H27N3O. The van der Waals surface area contributed by atoms with Crippen LogP contribution < -0.4 is 15.5 Å². The molecule has 0 aromatic heterocycles. The number of amides is 1. The van der Waals surface area contributed by atoms with Crippen molar-refractivity contribution < 1.29 is 4.79 Å². The van der Waals surface area contributed by atoms with E-state index in [0.717, 1.165) is 32.5 Å². The van der Waals surface area contributed by atoms with Crippen LogP contribution in [-0.2, 0) is 11.2 Å². The zero-order valence-electron chi connectivity index (χ0n) is 13.4. The van der Waals surface area contributed by atoms with Crippen molar-refractivity contribution in [3.05, 3.63) is 29.8 Å². The van der Waals surface area contributed by atoms with E-state index in [2.05, 4.69) is 54.5 Å². The average Bonchev–Trinajstić information content (AvgIpc) is 2.81. The number of anilines is 1. The number of nitrogens with one attached hydrogen (secondary N) is 2. The van der Waals surface area contributed by atoms with Crippen LogP contribution in [0.2, 0.25) is 0 Å². The van der Waals surface area contributed by atoms with Crippen LogP contribution in [-0.4, -0.2) is 37.6 Å². The third kappa shape index (κ3) is 5.05. The molecular weight excluding hydrogens is 262 g/mol. The van der Waals surface area contributed by atoms with E-state index in [1.165, 1.54) is 11.3 Å². The van der Waals surface area contributed by atoms with E-state index in [0.29, 0.717) is 6.54 Å². The third-order valence-electron chi connectivity index (χ3n) is 3.65. The third-order valence-corrected chi connectivity index (χ3v) is 3.65. The Balaban J connectivity index is 1.67. The molecule has 1 heterocycles. The van der Waals surface area contributed by atoms with Crippen LogP contribution in [0.1, 0.15) is 32.8 Å². The van der Waals surface area contributed by atoms with Crippen LogP contribution in [0, 0.1) is 0 Å². The van der Waals surface area contributed by atoms with E-state index in [-0.39, 0.29) is 11.4 Å². The highest BCUT2D eigenvalue weighted by Crippen LogP contribution is 2.26. The van der Waals surface area contributed by atoms with Gasteiger partial charge in [-0.1, -0.05) is 18.2 Å². The predicted molar refractivity (Wildman–Crippen MR) is 87.7 cm³/mol. The summed E-state index contributed by atoms with van der Waals surface area (Å²) >= 11 is 0. The maximum absolute atomic E-state index is 12.0. The summed E-state index contributed by atoms with van der Waals surface area (Å²) < 4.78 is 0. The van der Waals surface area contributed by atoms with Crippen molar-refractivity contribution in [2.24, 2.45) is 0 Å². The number of rotatable bonds is 6. The second kappa shape index (κ2) is 6.94. The molecule has 0 bridgehead atoms. The van der Waals surface area contributed by atoms with Gasteiger partial charge in [-0.05, 0) is 51.8 Å². The van der Waals surface area contributed by atoms with Gasteiger partial charge in [0.25, 0.3) is 0 Å². The largest absolute Gasteiger partial charge is 0.362 e. The first-order chi connectivity index (χ1) is 9.96. The van der Waals surface area contributed by atoms with Gasteiger partial charge in [-0.2, -0.15) is 0 Å². The molecule has 1 aromatic rings. The fourth-order valence-electron chi connectivity index (χ4n) is 2.58. The minimum atomic E-state index is 0.113. The van der Waals surface area contributed by atoms with Gasteiger partial charge >= 0.3 is 0 Å².